The van der Waals surface area contributed by atoms with Crippen LogP contribution in [-0.4, -0.2) is 21.5 Å². The summed E-state index contributed by atoms with van der Waals surface area (Å²) in [7, 11) is 0. The molecular formula is C15H15N3O2. The molecule has 1 aliphatic carbocycles. The van der Waals surface area contributed by atoms with Crippen molar-refractivity contribution < 1.29 is 9.53 Å². The molecule has 1 fully saturated rings. The van der Waals surface area contributed by atoms with E-state index >= 15 is 0 Å². The summed E-state index contributed by atoms with van der Waals surface area (Å²) in [5.74, 6) is -0.0424. The average Bonchev–Trinajstić information content (AvgIpc) is 3.29. The van der Waals surface area contributed by atoms with Gasteiger partial charge in [-0.05, 0) is 18.4 Å². The Morgan fingerprint density at radius 2 is 2.05 bits per heavy atom. The number of nitrogens with one attached hydrogen (secondary N) is 1. The van der Waals surface area contributed by atoms with Gasteiger partial charge < -0.3 is 4.74 Å². The van der Waals surface area contributed by atoms with Gasteiger partial charge in [0.2, 0.25) is 5.88 Å². The summed E-state index contributed by atoms with van der Waals surface area (Å²) in [6.45, 7) is 0.649. The lowest BCUT2D eigenvalue weighted by atomic mass is 10.2. The van der Waals surface area contributed by atoms with Gasteiger partial charge in [0, 0.05) is 18.9 Å². The van der Waals surface area contributed by atoms with Gasteiger partial charge in [0.1, 0.15) is 5.54 Å². The van der Waals surface area contributed by atoms with Crippen LogP contribution in [0.5, 0.6) is 5.88 Å². The first-order valence-corrected chi connectivity index (χ1v) is 6.56. The summed E-state index contributed by atoms with van der Waals surface area (Å²) in [6, 6.07) is 9.98. The van der Waals surface area contributed by atoms with Crippen molar-refractivity contribution in [3.63, 3.8) is 0 Å². The summed E-state index contributed by atoms with van der Waals surface area (Å²) in [6.07, 6.45) is 6.06. The molecule has 0 amide bonds. The second-order valence-corrected chi connectivity index (χ2v) is 4.85. The third kappa shape index (κ3) is 2.83. The van der Waals surface area contributed by atoms with Crippen molar-refractivity contribution in [1.82, 2.24) is 15.3 Å². The van der Waals surface area contributed by atoms with Crippen molar-refractivity contribution >= 4 is 5.97 Å². The van der Waals surface area contributed by atoms with Gasteiger partial charge in [-0.25, -0.2) is 9.78 Å². The number of benzene rings is 1. The largest absolute Gasteiger partial charge is 0.404 e. The van der Waals surface area contributed by atoms with Crippen molar-refractivity contribution in [2.24, 2.45) is 0 Å². The number of rotatable bonds is 5. The molecule has 1 N–H and O–H groups in total. The SMILES string of the molecule is O=C(Oc1cnccn1)C1(NCc2ccccc2)CC1. The summed E-state index contributed by atoms with van der Waals surface area (Å²) < 4.78 is 5.26. The number of aromatic nitrogens is 2. The van der Waals surface area contributed by atoms with Gasteiger partial charge in [0.15, 0.2) is 0 Å². The molecule has 0 spiro atoms. The fraction of sp³-hybridized carbons (Fsp3) is 0.267. The smallest absolute Gasteiger partial charge is 0.333 e. The third-order valence-electron chi connectivity index (χ3n) is 3.35. The zero-order valence-corrected chi connectivity index (χ0v) is 11.0. The molecule has 102 valence electrons. The lowest BCUT2D eigenvalue weighted by molar-refractivity contribution is -0.138. The van der Waals surface area contributed by atoms with Crippen molar-refractivity contribution in [1.29, 1.82) is 0 Å². The fourth-order valence-corrected chi connectivity index (χ4v) is 1.98. The van der Waals surface area contributed by atoms with Gasteiger partial charge in [-0.15, -0.1) is 0 Å². The molecule has 0 unspecified atom stereocenters. The minimum absolute atomic E-state index is 0.241. The molecule has 1 aromatic heterocycles. The molecule has 1 heterocycles. The Kier molecular flexibility index (Phi) is 3.43. The molecule has 0 aliphatic heterocycles. The lowest BCUT2D eigenvalue weighted by Gasteiger charge is -2.15. The predicted molar refractivity (Wildman–Crippen MR) is 72.9 cm³/mol. The molecule has 1 aromatic carbocycles. The van der Waals surface area contributed by atoms with Crippen molar-refractivity contribution in [3.8, 4) is 5.88 Å². The second kappa shape index (κ2) is 5.38. The molecule has 3 rings (SSSR count). The highest BCUT2D eigenvalue weighted by molar-refractivity contribution is 5.85. The Morgan fingerprint density at radius 3 is 2.70 bits per heavy atom. The Hall–Kier alpha value is -2.27. The number of ether oxygens (including phenoxy) is 1. The molecule has 0 radical (unpaired) electrons. The first kappa shape index (κ1) is 12.7. The number of esters is 1. The lowest BCUT2D eigenvalue weighted by Crippen LogP contribution is -2.41. The van der Waals surface area contributed by atoms with Crippen LogP contribution in [0.25, 0.3) is 0 Å². The van der Waals surface area contributed by atoms with E-state index in [0.717, 1.165) is 18.4 Å². The molecule has 0 atom stereocenters. The van der Waals surface area contributed by atoms with Crippen LogP contribution in [0.4, 0.5) is 0 Å². The van der Waals surface area contributed by atoms with E-state index in [1.54, 1.807) is 0 Å². The summed E-state index contributed by atoms with van der Waals surface area (Å²) >= 11 is 0. The maximum atomic E-state index is 12.2. The van der Waals surface area contributed by atoms with Crippen LogP contribution in [-0.2, 0) is 11.3 Å². The van der Waals surface area contributed by atoms with Crippen LogP contribution in [0.3, 0.4) is 0 Å². The highest BCUT2D eigenvalue weighted by atomic mass is 16.5. The number of carbonyl (C=O) groups is 1. The molecule has 0 bridgehead atoms. The van der Waals surface area contributed by atoms with Crippen molar-refractivity contribution in [2.75, 3.05) is 0 Å². The van der Waals surface area contributed by atoms with E-state index in [1.165, 1.54) is 18.6 Å². The van der Waals surface area contributed by atoms with Crippen LogP contribution >= 0.6 is 0 Å². The zero-order chi connectivity index (χ0) is 13.8. The third-order valence-corrected chi connectivity index (χ3v) is 3.35. The minimum atomic E-state index is -0.562. The molecule has 0 saturated heterocycles. The predicted octanol–water partition coefficient (Wildman–Crippen LogP) is 1.70. The first-order valence-electron chi connectivity index (χ1n) is 6.56. The monoisotopic (exact) mass is 269 g/mol. The number of hydrogen-bond donors (Lipinski definition) is 1. The first-order chi connectivity index (χ1) is 9.78. The Bertz CT molecular complexity index is 583. The number of carbonyl (C=O) groups excluding carboxylic acids is 1. The van der Waals surface area contributed by atoms with Crippen LogP contribution in [0.2, 0.25) is 0 Å². The summed E-state index contributed by atoms with van der Waals surface area (Å²) in [5.41, 5.74) is 0.582. The van der Waals surface area contributed by atoms with E-state index in [-0.39, 0.29) is 11.8 Å². The van der Waals surface area contributed by atoms with Gasteiger partial charge in [0.25, 0.3) is 0 Å². The van der Waals surface area contributed by atoms with Gasteiger partial charge >= 0.3 is 5.97 Å². The Balaban J connectivity index is 1.60. The molecule has 5 nitrogen and oxygen atoms in total. The second-order valence-electron chi connectivity index (χ2n) is 4.85. The van der Waals surface area contributed by atoms with Gasteiger partial charge in [0.05, 0.1) is 6.20 Å². The highest BCUT2D eigenvalue weighted by Crippen LogP contribution is 2.37. The maximum Gasteiger partial charge on any atom is 0.333 e. The van der Waals surface area contributed by atoms with Crippen LogP contribution in [0, 0.1) is 0 Å². The van der Waals surface area contributed by atoms with E-state index in [4.69, 9.17) is 4.74 Å². The standard InChI is InChI=1S/C15H15N3O2/c19-14(20-13-11-16-8-9-17-13)15(6-7-15)18-10-12-4-2-1-3-5-12/h1-5,8-9,11,18H,6-7,10H2. The van der Waals surface area contributed by atoms with E-state index < -0.39 is 5.54 Å². The number of nitrogens with zero attached hydrogens (tertiary/aromatic N) is 2. The highest BCUT2D eigenvalue weighted by Gasteiger charge is 2.51. The molecule has 5 heteroatoms. The van der Waals surface area contributed by atoms with Crippen molar-refractivity contribution in [3.05, 3.63) is 54.5 Å². The topological polar surface area (TPSA) is 64.1 Å². The molecule has 20 heavy (non-hydrogen) atoms. The van der Waals surface area contributed by atoms with E-state index in [9.17, 15) is 4.79 Å². The van der Waals surface area contributed by atoms with E-state index in [0.29, 0.717) is 6.54 Å². The van der Waals surface area contributed by atoms with Crippen LogP contribution in [0.15, 0.2) is 48.9 Å². The fourth-order valence-electron chi connectivity index (χ4n) is 1.98. The van der Waals surface area contributed by atoms with Crippen molar-refractivity contribution in [2.45, 2.75) is 24.9 Å². The molecule has 1 saturated carbocycles. The summed E-state index contributed by atoms with van der Waals surface area (Å²) in [4.78, 5) is 20.0. The van der Waals surface area contributed by atoms with Crippen LogP contribution < -0.4 is 10.1 Å². The summed E-state index contributed by atoms with van der Waals surface area (Å²) in [5, 5.41) is 3.28. The normalized spacial score (nSPS) is 15.6. The molecule has 1 aliphatic rings. The van der Waals surface area contributed by atoms with E-state index in [1.807, 2.05) is 30.3 Å². The van der Waals surface area contributed by atoms with Gasteiger partial charge in [-0.3, -0.25) is 10.3 Å². The van der Waals surface area contributed by atoms with Gasteiger partial charge in [-0.2, -0.15) is 0 Å². The molecule has 2 aromatic rings. The Morgan fingerprint density at radius 1 is 1.25 bits per heavy atom. The Labute approximate surface area is 117 Å². The minimum Gasteiger partial charge on any atom is -0.404 e. The maximum absolute atomic E-state index is 12.2. The zero-order valence-electron chi connectivity index (χ0n) is 11.0. The van der Waals surface area contributed by atoms with E-state index in [2.05, 4.69) is 15.3 Å². The van der Waals surface area contributed by atoms with Crippen LogP contribution in [0.1, 0.15) is 18.4 Å². The average molecular weight is 269 g/mol. The quantitative estimate of drug-likeness (QED) is 0.837. The molecular weight excluding hydrogens is 254 g/mol. The number of hydrogen-bond acceptors (Lipinski definition) is 5. The van der Waals surface area contributed by atoms with Gasteiger partial charge in [-0.1, -0.05) is 30.3 Å².